The zero-order valence-electron chi connectivity index (χ0n) is 29.6. The topological polar surface area (TPSA) is 97.4 Å². The first-order valence-corrected chi connectivity index (χ1v) is 16.1. The highest BCUT2D eigenvalue weighted by Gasteiger charge is 2.48. The Morgan fingerprint density at radius 2 is 0.884 bits per heavy atom. The minimum absolute atomic E-state index is 0.174. The summed E-state index contributed by atoms with van der Waals surface area (Å²) in [5.41, 5.74) is -1.26. The van der Waals surface area contributed by atoms with Crippen molar-refractivity contribution in [2.45, 2.75) is 180 Å². The lowest BCUT2D eigenvalue weighted by Gasteiger charge is -2.53. The van der Waals surface area contributed by atoms with Gasteiger partial charge in [0.15, 0.2) is 5.92 Å². The Labute approximate surface area is 261 Å². The second-order valence-electron chi connectivity index (χ2n) is 17.5. The molecule has 248 valence electrons. The number of rotatable bonds is 7. The summed E-state index contributed by atoms with van der Waals surface area (Å²) >= 11 is 0. The Hall–Kier alpha value is -1.71. The second kappa shape index (κ2) is 11.9. The molecule has 1 N–H and O–H groups in total. The standard InChI is InChI=1S/C34H61N3O6/c1-29(2)16-22(17-30(3,4)35-29)42-27(39)25(28(40)43-24-20-33(9,10)37(14)34(11,12)21-24)15-26(38)41-23-18-31(5,6)36(13)32(7,8)19-23/h22-25,35H,15-21H2,1-14H3. The summed E-state index contributed by atoms with van der Waals surface area (Å²) < 4.78 is 18.0. The van der Waals surface area contributed by atoms with Gasteiger partial charge in [-0.1, -0.05) is 0 Å². The summed E-state index contributed by atoms with van der Waals surface area (Å²) in [6, 6.07) is 0. The van der Waals surface area contributed by atoms with E-state index >= 15 is 0 Å². The molecule has 0 spiro atoms. The SMILES string of the molecule is CN1C(C)(C)CC(OC(=O)CC(C(=O)OC2CC(C)(C)NC(C)(C)C2)C(=O)OC2CC(C)(C)N(C)C(C)(C)C2)CC1(C)C. The van der Waals surface area contributed by atoms with Crippen molar-refractivity contribution in [1.29, 1.82) is 0 Å². The molecule has 0 aromatic carbocycles. The van der Waals surface area contributed by atoms with Gasteiger partial charge < -0.3 is 19.5 Å². The second-order valence-corrected chi connectivity index (χ2v) is 17.5. The van der Waals surface area contributed by atoms with E-state index in [0.29, 0.717) is 38.5 Å². The van der Waals surface area contributed by atoms with E-state index in [1.807, 2.05) is 0 Å². The Balaban J connectivity index is 1.79. The van der Waals surface area contributed by atoms with Crippen molar-refractivity contribution in [1.82, 2.24) is 15.1 Å². The first kappa shape index (κ1) is 35.8. The number of carbonyl (C=O) groups excluding carboxylic acids is 3. The van der Waals surface area contributed by atoms with Crippen molar-refractivity contribution in [3.05, 3.63) is 0 Å². The summed E-state index contributed by atoms with van der Waals surface area (Å²) in [5.74, 6) is -3.38. The largest absolute Gasteiger partial charge is 0.462 e. The van der Waals surface area contributed by atoms with Crippen LogP contribution < -0.4 is 5.32 Å². The van der Waals surface area contributed by atoms with Gasteiger partial charge >= 0.3 is 17.9 Å². The number of ether oxygens (including phenoxy) is 3. The number of hydrogen-bond acceptors (Lipinski definition) is 9. The highest BCUT2D eigenvalue weighted by Crippen LogP contribution is 2.40. The molecule has 0 aromatic heterocycles. The molecule has 0 radical (unpaired) electrons. The first-order valence-electron chi connectivity index (χ1n) is 16.1. The average Bonchev–Trinajstić information content (AvgIpc) is 2.76. The normalized spacial score (nSPS) is 28.0. The first-order chi connectivity index (χ1) is 19.3. The molecule has 1 unspecified atom stereocenters. The van der Waals surface area contributed by atoms with E-state index in [0.717, 1.165) is 0 Å². The average molecular weight is 608 g/mol. The van der Waals surface area contributed by atoms with Crippen LogP contribution >= 0.6 is 0 Å². The zero-order valence-corrected chi connectivity index (χ0v) is 29.6. The molecule has 9 heteroatoms. The Morgan fingerprint density at radius 1 is 0.581 bits per heavy atom. The van der Waals surface area contributed by atoms with Crippen LogP contribution in [0.5, 0.6) is 0 Å². The van der Waals surface area contributed by atoms with Crippen LogP contribution in [0.1, 0.15) is 128 Å². The summed E-state index contributed by atoms with van der Waals surface area (Å²) in [6.07, 6.45) is 2.30. The lowest BCUT2D eigenvalue weighted by Crippen LogP contribution is -2.60. The number of hydrogen-bond donors (Lipinski definition) is 1. The summed E-state index contributed by atoms with van der Waals surface area (Å²) in [5, 5.41) is 3.59. The molecule has 43 heavy (non-hydrogen) atoms. The fraction of sp³-hybridized carbons (Fsp3) is 0.912. The van der Waals surface area contributed by atoms with Gasteiger partial charge in [0.1, 0.15) is 18.3 Å². The maximum Gasteiger partial charge on any atom is 0.321 e. The molecule has 0 bridgehead atoms. The van der Waals surface area contributed by atoms with Crippen molar-refractivity contribution < 1.29 is 28.6 Å². The highest BCUT2D eigenvalue weighted by atomic mass is 16.6. The van der Waals surface area contributed by atoms with Crippen molar-refractivity contribution in [3.8, 4) is 0 Å². The van der Waals surface area contributed by atoms with Crippen molar-refractivity contribution in [2.75, 3.05) is 14.1 Å². The maximum atomic E-state index is 13.8. The van der Waals surface area contributed by atoms with Crippen molar-refractivity contribution in [3.63, 3.8) is 0 Å². The summed E-state index contributed by atoms with van der Waals surface area (Å²) in [7, 11) is 4.18. The van der Waals surface area contributed by atoms with E-state index in [9.17, 15) is 14.4 Å². The van der Waals surface area contributed by atoms with Gasteiger partial charge in [-0.15, -0.1) is 0 Å². The minimum Gasteiger partial charge on any atom is -0.462 e. The van der Waals surface area contributed by atoms with Gasteiger partial charge in [-0.05, 0) is 97.2 Å². The Kier molecular flexibility index (Phi) is 9.90. The summed E-state index contributed by atoms with van der Waals surface area (Å²) in [4.78, 5) is 45.5. The maximum absolute atomic E-state index is 13.8. The van der Waals surface area contributed by atoms with Crippen LogP contribution in [0, 0.1) is 5.92 Å². The third kappa shape index (κ3) is 8.72. The van der Waals surface area contributed by atoms with E-state index in [4.69, 9.17) is 14.2 Å². The van der Waals surface area contributed by atoms with E-state index in [1.165, 1.54) is 0 Å². The molecule has 3 heterocycles. The van der Waals surface area contributed by atoms with Gasteiger partial charge in [0.25, 0.3) is 0 Å². The highest BCUT2D eigenvalue weighted by molar-refractivity contribution is 5.98. The van der Waals surface area contributed by atoms with Crippen LogP contribution in [0.2, 0.25) is 0 Å². The van der Waals surface area contributed by atoms with Gasteiger partial charge in [-0.3, -0.25) is 24.2 Å². The van der Waals surface area contributed by atoms with Crippen LogP contribution in [0.3, 0.4) is 0 Å². The zero-order chi connectivity index (χ0) is 33.0. The number of nitrogens with zero attached hydrogens (tertiary/aromatic N) is 2. The Morgan fingerprint density at radius 3 is 1.23 bits per heavy atom. The predicted molar refractivity (Wildman–Crippen MR) is 169 cm³/mol. The van der Waals surface area contributed by atoms with E-state index in [1.54, 1.807) is 0 Å². The number of nitrogens with one attached hydrogen (secondary N) is 1. The number of carbonyl (C=O) groups is 3. The Bertz CT molecular complexity index is 1010. The van der Waals surface area contributed by atoms with Crippen LogP contribution in [-0.4, -0.2) is 93.3 Å². The molecule has 0 aliphatic carbocycles. The smallest absolute Gasteiger partial charge is 0.321 e. The molecule has 0 amide bonds. The molecule has 9 nitrogen and oxygen atoms in total. The van der Waals surface area contributed by atoms with Crippen LogP contribution in [0.4, 0.5) is 0 Å². The number of piperidine rings is 3. The van der Waals surface area contributed by atoms with Gasteiger partial charge in [-0.2, -0.15) is 0 Å². The molecule has 3 aliphatic rings. The lowest BCUT2D eigenvalue weighted by molar-refractivity contribution is -0.180. The third-order valence-electron chi connectivity index (χ3n) is 10.5. The van der Waals surface area contributed by atoms with Gasteiger partial charge in [0, 0.05) is 71.8 Å². The molecule has 0 aromatic rings. The summed E-state index contributed by atoms with van der Waals surface area (Å²) in [6.45, 7) is 25.4. The van der Waals surface area contributed by atoms with Gasteiger partial charge in [0.05, 0.1) is 6.42 Å². The molecule has 3 aliphatic heterocycles. The monoisotopic (exact) mass is 607 g/mol. The lowest BCUT2D eigenvalue weighted by atomic mass is 9.78. The van der Waals surface area contributed by atoms with Crippen LogP contribution in [-0.2, 0) is 28.6 Å². The number of esters is 3. The van der Waals surface area contributed by atoms with Crippen molar-refractivity contribution in [2.24, 2.45) is 5.92 Å². The molecular weight excluding hydrogens is 546 g/mol. The minimum atomic E-state index is -1.38. The molecule has 1 atom stereocenters. The fourth-order valence-corrected chi connectivity index (χ4v) is 8.19. The van der Waals surface area contributed by atoms with E-state index in [-0.39, 0.29) is 51.5 Å². The van der Waals surface area contributed by atoms with Crippen molar-refractivity contribution >= 4 is 17.9 Å². The molecule has 3 fully saturated rings. The fourth-order valence-electron chi connectivity index (χ4n) is 8.19. The quantitative estimate of drug-likeness (QED) is 0.237. The van der Waals surface area contributed by atoms with Crippen LogP contribution in [0.25, 0.3) is 0 Å². The van der Waals surface area contributed by atoms with E-state index < -0.39 is 30.2 Å². The van der Waals surface area contributed by atoms with E-state index in [2.05, 4.69) is 112 Å². The number of likely N-dealkylation sites (tertiary alicyclic amines) is 2. The van der Waals surface area contributed by atoms with Gasteiger partial charge in [-0.25, -0.2) is 0 Å². The molecule has 3 rings (SSSR count). The molecule has 0 saturated carbocycles. The molecule has 3 saturated heterocycles. The van der Waals surface area contributed by atoms with Gasteiger partial charge in [0.2, 0.25) is 0 Å². The predicted octanol–water partition coefficient (Wildman–Crippen LogP) is 5.23. The van der Waals surface area contributed by atoms with Crippen LogP contribution in [0.15, 0.2) is 0 Å². The third-order valence-corrected chi connectivity index (χ3v) is 10.5. The molecular formula is C34H61N3O6.